The Kier molecular flexibility index (Phi) is 3.17. The summed E-state index contributed by atoms with van der Waals surface area (Å²) in [7, 11) is 0. The maximum Gasteiger partial charge on any atom is 0.281 e. The number of aromatic nitrogens is 1. The highest BCUT2D eigenvalue weighted by molar-refractivity contribution is 6.31. The van der Waals surface area contributed by atoms with Gasteiger partial charge in [0, 0.05) is 6.54 Å². The molecule has 2 N–H and O–H groups in total. The van der Waals surface area contributed by atoms with Crippen LogP contribution in [0.15, 0.2) is 6.07 Å². The summed E-state index contributed by atoms with van der Waals surface area (Å²) < 4.78 is 24.6. The molecule has 0 saturated carbocycles. The average molecular weight is 207 g/mol. The number of halogens is 3. The molecule has 0 unspecified atom stereocenters. The first kappa shape index (κ1) is 10.3. The molecule has 5 heteroatoms. The molecule has 0 aromatic carbocycles. The van der Waals surface area contributed by atoms with Gasteiger partial charge in [0.1, 0.15) is 5.69 Å². The largest absolute Gasteiger partial charge is 0.325 e. The molecule has 0 fully saturated rings. The standard InChI is InChI=1S/C8H9ClF2N2/c1-4-2-5(9)7(8(10)11)13-6(4)3-12/h2,8H,3,12H2,1H3. The van der Waals surface area contributed by atoms with Crippen molar-refractivity contribution in [3.05, 3.63) is 28.0 Å². The molecule has 0 amide bonds. The highest BCUT2D eigenvalue weighted by Gasteiger charge is 2.15. The van der Waals surface area contributed by atoms with Crippen molar-refractivity contribution < 1.29 is 8.78 Å². The number of hydrogen-bond donors (Lipinski definition) is 1. The number of alkyl halides is 2. The number of pyridine rings is 1. The van der Waals surface area contributed by atoms with Gasteiger partial charge in [-0.15, -0.1) is 0 Å². The predicted octanol–water partition coefficient (Wildman–Crippen LogP) is 2.44. The van der Waals surface area contributed by atoms with E-state index in [1.807, 2.05) is 0 Å². The van der Waals surface area contributed by atoms with Crippen LogP contribution in [0.3, 0.4) is 0 Å². The van der Waals surface area contributed by atoms with E-state index in [2.05, 4.69) is 4.98 Å². The molecule has 0 bridgehead atoms. The Balaban J connectivity index is 3.22. The summed E-state index contributed by atoms with van der Waals surface area (Å²) in [5.74, 6) is 0. The van der Waals surface area contributed by atoms with Gasteiger partial charge in [-0.2, -0.15) is 0 Å². The minimum absolute atomic E-state index is 0.00954. The van der Waals surface area contributed by atoms with Crippen LogP contribution in [0.2, 0.25) is 5.02 Å². The molecule has 1 aromatic heterocycles. The molecule has 0 radical (unpaired) electrons. The molecule has 0 aliphatic carbocycles. The molecule has 0 aliphatic heterocycles. The maximum absolute atomic E-state index is 12.3. The third-order valence-corrected chi connectivity index (χ3v) is 2.00. The molecule has 1 heterocycles. The molecule has 1 aromatic rings. The van der Waals surface area contributed by atoms with Crippen molar-refractivity contribution in [2.24, 2.45) is 5.73 Å². The number of hydrogen-bond acceptors (Lipinski definition) is 2. The zero-order chi connectivity index (χ0) is 10.0. The Morgan fingerprint density at radius 2 is 2.23 bits per heavy atom. The molecule has 0 spiro atoms. The molecular weight excluding hydrogens is 198 g/mol. The Hall–Kier alpha value is -0.740. The summed E-state index contributed by atoms with van der Waals surface area (Å²) >= 11 is 5.57. The second kappa shape index (κ2) is 3.98. The van der Waals surface area contributed by atoms with Crippen molar-refractivity contribution in [3.8, 4) is 0 Å². The van der Waals surface area contributed by atoms with Crippen LogP contribution in [0.5, 0.6) is 0 Å². The van der Waals surface area contributed by atoms with Gasteiger partial charge in [0.25, 0.3) is 6.43 Å². The molecule has 0 aliphatic rings. The summed E-state index contributed by atoms with van der Waals surface area (Å²) in [4.78, 5) is 3.68. The third-order valence-electron chi connectivity index (χ3n) is 1.70. The van der Waals surface area contributed by atoms with Gasteiger partial charge in [-0.3, -0.25) is 0 Å². The number of aryl methyl sites for hydroxylation is 1. The fourth-order valence-corrected chi connectivity index (χ4v) is 1.28. The first-order valence-electron chi connectivity index (χ1n) is 3.70. The summed E-state index contributed by atoms with van der Waals surface area (Å²) in [6.07, 6.45) is -2.65. The molecular formula is C8H9ClF2N2. The molecule has 0 saturated heterocycles. The molecule has 72 valence electrons. The van der Waals surface area contributed by atoms with Gasteiger partial charge in [0.2, 0.25) is 0 Å². The van der Waals surface area contributed by atoms with Crippen molar-refractivity contribution in [2.75, 3.05) is 0 Å². The van der Waals surface area contributed by atoms with Gasteiger partial charge in [-0.05, 0) is 18.6 Å². The van der Waals surface area contributed by atoms with E-state index in [1.165, 1.54) is 6.07 Å². The number of nitrogens with two attached hydrogens (primary N) is 1. The molecule has 13 heavy (non-hydrogen) atoms. The van der Waals surface area contributed by atoms with Crippen LogP contribution in [0, 0.1) is 6.92 Å². The first-order valence-corrected chi connectivity index (χ1v) is 4.08. The van der Waals surface area contributed by atoms with Crippen molar-refractivity contribution >= 4 is 11.6 Å². The van der Waals surface area contributed by atoms with Crippen LogP contribution in [0.4, 0.5) is 8.78 Å². The van der Waals surface area contributed by atoms with E-state index in [0.29, 0.717) is 5.69 Å². The maximum atomic E-state index is 12.3. The monoisotopic (exact) mass is 206 g/mol. The van der Waals surface area contributed by atoms with E-state index in [4.69, 9.17) is 17.3 Å². The fourth-order valence-electron chi connectivity index (χ4n) is 0.994. The van der Waals surface area contributed by atoms with E-state index in [-0.39, 0.29) is 11.6 Å². The number of rotatable bonds is 2. The van der Waals surface area contributed by atoms with Crippen molar-refractivity contribution in [1.29, 1.82) is 0 Å². The van der Waals surface area contributed by atoms with Gasteiger partial charge in [0.15, 0.2) is 0 Å². The minimum Gasteiger partial charge on any atom is -0.325 e. The lowest BCUT2D eigenvalue weighted by Crippen LogP contribution is -2.05. The van der Waals surface area contributed by atoms with Crippen LogP contribution in [0.1, 0.15) is 23.4 Å². The smallest absolute Gasteiger partial charge is 0.281 e. The van der Waals surface area contributed by atoms with E-state index in [9.17, 15) is 8.78 Å². The highest BCUT2D eigenvalue weighted by Crippen LogP contribution is 2.26. The predicted molar refractivity (Wildman–Crippen MR) is 46.8 cm³/mol. The van der Waals surface area contributed by atoms with Crippen LogP contribution in [0.25, 0.3) is 0 Å². The van der Waals surface area contributed by atoms with Crippen LogP contribution < -0.4 is 5.73 Å². The Morgan fingerprint density at radius 3 is 2.69 bits per heavy atom. The van der Waals surface area contributed by atoms with Gasteiger partial charge in [-0.1, -0.05) is 11.6 Å². The molecule has 1 rings (SSSR count). The van der Waals surface area contributed by atoms with Crippen LogP contribution in [-0.4, -0.2) is 4.98 Å². The van der Waals surface area contributed by atoms with Crippen LogP contribution >= 0.6 is 11.6 Å². The van der Waals surface area contributed by atoms with Gasteiger partial charge < -0.3 is 5.73 Å². The summed E-state index contributed by atoms with van der Waals surface area (Å²) in [6, 6.07) is 1.46. The lowest BCUT2D eigenvalue weighted by atomic mass is 10.2. The minimum atomic E-state index is -2.65. The zero-order valence-electron chi connectivity index (χ0n) is 7.02. The normalized spacial score (nSPS) is 10.9. The summed E-state index contributed by atoms with van der Waals surface area (Å²) in [5.41, 5.74) is 6.11. The average Bonchev–Trinajstić information content (AvgIpc) is 2.03. The Labute approximate surface area is 79.7 Å². The second-order valence-electron chi connectivity index (χ2n) is 2.62. The quantitative estimate of drug-likeness (QED) is 0.807. The van der Waals surface area contributed by atoms with E-state index >= 15 is 0 Å². The highest BCUT2D eigenvalue weighted by atomic mass is 35.5. The van der Waals surface area contributed by atoms with Gasteiger partial charge in [-0.25, -0.2) is 13.8 Å². The second-order valence-corrected chi connectivity index (χ2v) is 3.03. The lowest BCUT2D eigenvalue weighted by molar-refractivity contribution is 0.146. The zero-order valence-corrected chi connectivity index (χ0v) is 7.78. The van der Waals surface area contributed by atoms with E-state index in [1.54, 1.807) is 6.92 Å². The fraction of sp³-hybridized carbons (Fsp3) is 0.375. The summed E-state index contributed by atoms with van der Waals surface area (Å²) in [5, 5.41) is -0.00954. The Bertz CT molecular complexity index is 315. The Morgan fingerprint density at radius 1 is 1.62 bits per heavy atom. The summed E-state index contributed by atoms with van der Waals surface area (Å²) in [6.45, 7) is 1.87. The molecule has 0 atom stereocenters. The van der Waals surface area contributed by atoms with E-state index < -0.39 is 12.1 Å². The third kappa shape index (κ3) is 2.14. The van der Waals surface area contributed by atoms with Crippen molar-refractivity contribution in [3.63, 3.8) is 0 Å². The number of nitrogens with zero attached hydrogens (tertiary/aromatic N) is 1. The van der Waals surface area contributed by atoms with E-state index in [0.717, 1.165) is 5.56 Å². The lowest BCUT2D eigenvalue weighted by Gasteiger charge is -2.07. The van der Waals surface area contributed by atoms with Gasteiger partial charge in [0.05, 0.1) is 10.7 Å². The van der Waals surface area contributed by atoms with Crippen molar-refractivity contribution in [2.45, 2.75) is 19.9 Å². The topological polar surface area (TPSA) is 38.9 Å². The van der Waals surface area contributed by atoms with Crippen molar-refractivity contribution in [1.82, 2.24) is 4.98 Å². The molecule has 2 nitrogen and oxygen atoms in total. The van der Waals surface area contributed by atoms with Gasteiger partial charge >= 0.3 is 0 Å². The van der Waals surface area contributed by atoms with Crippen LogP contribution in [-0.2, 0) is 6.54 Å². The SMILES string of the molecule is Cc1cc(Cl)c(C(F)F)nc1CN. The first-order chi connectivity index (χ1) is 6.06.